The second-order valence-electron chi connectivity index (χ2n) is 5.28. The Balaban J connectivity index is 1.93. The molecule has 0 unspecified atom stereocenters. The Kier molecular flexibility index (Phi) is 3.97. The van der Waals surface area contributed by atoms with Crippen LogP contribution in [0.1, 0.15) is 28.5 Å². The number of carbonyl (C=O) groups is 1. The standard InChI is InChI=1S/C17H18N4O2/c1-4-13-11(2)20-21(3)16(13)19-17(22)14-10-18-23-15(14)12-8-6-5-7-9-12/h5-10H,4H2,1-3H3,(H,19,22). The van der Waals surface area contributed by atoms with Gasteiger partial charge < -0.3 is 9.84 Å². The molecule has 0 fully saturated rings. The third kappa shape index (κ3) is 2.75. The predicted octanol–water partition coefficient (Wildman–Crippen LogP) is 3.20. The molecule has 6 heteroatoms. The van der Waals surface area contributed by atoms with Gasteiger partial charge in [-0.1, -0.05) is 42.4 Å². The minimum absolute atomic E-state index is 0.261. The smallest absolute Gasteiger partial charge is 0.262 e. The molecule has 0 aliphatic rings. The average molecular weight is 310 g/mol. The van der Waals surface area contributed by atoms with Gasteiger partial charge in [-0.2, -0.15) is 5.10 Å². The number of hydrogen-bond donors (Lipinski definition) is 1. The van der Waals surface area contributed by atoms with Crippen molar-refractivity contribution in [3.05, 3.63) is 53.3 Å². The molecule has 0 saturated carbocycles. The molecule has 2 heterocycles. The Morgan fingerprint density at radius 2 is 2.04 bits per heavy atom. The van der Waals surface area contributed by atoms with Crippen molar-refractivity contribution in [1.82, 2.24) is 14.9 Å². The molecule has 1 aromatic carbocycles. The summed E-state index contributed by atoms with van der Waals surface area (Å²) in [5.41, 5.74) is 3.15. The van der Waals surface area contributed by atoms with Crippen molar-refractivity contribution >= 4 is 11.7 Å². The van der Waals surface area contributed by atoms with Gasteiger partial charge in [0.2, 0.25) is 0 Å². The highest BCUT2D eigenvalue weighted by atomic mass is 16.5. The molecule has 0 bridgehead atoms. The zero-order valence-corrected chi connectivity index (χ0v) is 13.3. The first-order valence-corrected chi connectivity index (χ1v) is 7.45. The van der Waals surface area contributed by atoms with E-state index >= 15 is 0 Å². The van der Waals surface area contributed by atoms with E-state index in [0.29, 0.717) is 17.1 Å². The number of amides is 1. The third-order valence-electron chi connectivity index (χ3n) is 3.78. The van der Waals surface area contributed by atoms with E-state index in [1.165, 1.54) is 6.20 Å². The van der Waals surface area contributed by atoms with E-state index in [9.17, 15) is 4.79 Å². The number of aromatic nitrogens is 3. The van der Waals surface area contributed by atoms with Crippen LogP contribution in [-0.2, 0) is 13.5 Å². The SMILES string of the molecule is CCc1c(C)nn(C)c1NC(=O)c1cnoc1-c1ccccc1. The van der Waals surface area contributed by atoms with Crippen molar-refractivity contribution in [1.29, 1.82) is 0 Å². The minimum atomic E-state index is -0.261. The summed E-state index contributed by atoms with van der Waals surface area (Å²) in [6.07, 6.45) is 2.23. The van der Waals surface area contributed by atoms with Crippen molar-refractivity contribution in [2.45, 2.75) is 20.3 Å². The Morgan fingerprint density at radius 3 is 2.74 bits per heavy atom. The van der Waals surface area contributed by atoms with Gasteiger partial charge in [0.1, 0.15) is 11.4 Å². The van der Waals surface area contributed by atoms with Gasteiger partial charge in [-0.05, 0) is 13.3 Å². The van der Waals surface area contributed by atoms with Crippen molar-refractivity contribution in [3.63, 3.8) is 0 Å². The number of carbonyl (C=O) groups excluding carboxylic acids is 1. The van der Waals surface area contributed by atoms with E-state index in [0.717, 1.165) is 23.2 Å². The number of hydrogen-bond acceptors (Lipinski definition) is 4. The normalized spacial score (nSPS) is 10.7. The van der Waals surface area contributed by atoms with E-state index in [1.807, 2.05) is 51.2 Å². The van der Waals surface area contributed by atoms with Crippen LogP contribution in [0.3, 0.4) is 0 Å². The van der Waals surface area contributed by atoms with Crippen molar-refractivity contribution in [2.24, 2.45) is 7.05 Å². The maximum absolute atomic E-state index is 12.6. The van der Waals surface area contributed by atoms with E-state index in [1.54, 1.807) is 4.68 Å². The van der Waals surface area contributed by atoms with Crippen LogP contribution in [0.4, 0.5) is 5.82 Å². The number of nitrogens with zero attached hydrogens (tertiary/aromatic N) is 3. The molecule has 0 aliphatic carbocycles. The number of anilines is 1. The summed E-state index contributed by atoms with van der Waals surface area (Å²) in [5, 5.41) is 11.1. The maximum atomic E-state index is 12.6. The number of aryl methyl sites for hydroxylation is 2. The second kappa shape index (κ2) is 6.08. The van der Waals surface area contributed by atoms with Crippen LogP contribution in [0.5, 0.6) is 0 Å². The molecular formula is C17H18N4O2. The third-order valence-corrected chi connectivity index (χ3v) is 3.78. The quantitative estimate of drug-likeness (QED) is 0.803. The lowest BCUT2D eigenvalue weighted by atomic mass is 10.1. The largest absolute Gasteiger partial charge is 0.355 e. The van der Waals surface area contributed by atoms with Gasteiger partial charge >= 0.3 is 0 Å². The fourth-order valence-corrected chi connectivity index (χ4v) is 2.66. The van der Waals surface area contributed by atoms with Gasteiger partial charge in [0.05, 0.1) is 11.9 Å². The molecule has 2 aromatic heterocycles. The molecule has 118 valence electrons. The molecule has 3 rings (SSSR count). The van der Waals surface area contributed by atoms with Gasteiger partial charge in [0.15, 0.2) is 5.76 Å². The lowest BCUT2D eigenvalue weighted by molar-refractivity contribution is 0.102. The molecule has 0 atom stereocenters. The van der Waals surface area contributed by atoms with Crippen LogP contribution in [0.2, 0.25) is 0 Å². The highest BCUT2D eigenvalue weighted by Gasteiger charge is 2.21. The molecule has 0 radical (unpaired) electrons. The van der Waals surface area contributed by atoms with Gasteiger partial charge in [-0.25, -0.2) is 0 Å². The van der Waals surface area contributed by atoms with E-state index < -0.39 is 0 Å². The predicted molar refractivity (Wildman–Crippen MR) is 87.2 cm³/mol. The van der Waals surface area contributed by atoms with E-state index in [2.05, 4.69) is 15.6 Å². The summed E-state index contributed by atoms with van der Waals surface area (Å²) >= 11 is 0. The number of benzene rings is 1. The molecule has 1 amide bonds. The van der Waals surface area contributed by atoms with Gasteiger partial charge in [0, 0.05) is 18.2 Å². The average Bonchev–Trinajstić information content (AvgIpc) is 3.13. The van der Waals surface area contributed by atoms with Crippen LogP contribution in [0.25, 0.3) is 11.3 Å². The molecule has 23 heavy (non-hydrogen) atoms. The van der Waals surface area contributed by atoms with Crippen LogP contribution in [0, 0.1) is 6.92 Å². The first kappa shape index (κ1) is 15.0. The molecule has 0 spiro atoms. The number of nitrogens with one attached hydrogen (secondary N) is 1. The summed E-state index contributed by atoms with van der Waals surface area (Å²) in [6.45, 7) is 3.97. The lowest BCUT2D eigenvalue weighted by Crippen LogP contribution is -2.15. The summed E-state index contributed by atoms with van der Waals surface area (Å²) < 4.78 is 6.95. The Morgan fingerprint density at radius 1 is 1.30 bits per heavy atom. The molecule has 3 aromatic rings. The first-order valence-electron chi connectivity index (χ1n) is 7.45. The summed E-state index contributed by atoms with van der Waals surface area (Å²) in [7, 11) is 1.81. The fraction of sp³-hybridized carbons (Fsp3) is 0.235. The molecule has 1 N–H and O–H groups in total. The molecule has 0 saturated heterocycles. The van der Waals surface area contributed by atoms with Gasteiger partial charge in [-0.3, -0.25) is 9.48 Å². The molecule has 6 nitrogen and oxygen atoms in total. The highest BCUT2D eigenvalue weighted by molar-refractivity contribution is 6.07. The fourth-order valence-electron chi connectivity index (χ4n) is 2.66. The molecule has 0 aliphatic heterocycles. The van der Waals surface area contributed by atoms with Crippen LogP contribution >= 0.6 is 0 Å². The number of rotatable bonds is 4. The zero-order valence-electron chi connectivity index (χ0n) is 13.3. The van der Waals surface area contributed by atoms with E-state index in [4.69, 9.17) is 4.52 Å². The van der Waals surface area contributed by atoms with Crippen molar-refractivity contribution < 1.29 is 9.32 Å². The van der Waals surface area contributed by atoms with Crippen molar-refractivity contribution in [2.75, 3.05) is 5.32 Å². The Hall–Kier alpha value is -2.89. The van der Waals surface area contributed by atoms with E-state index in [-0.39, 0.29) is 5.91 Å². The summed E-state index contributed by atoms with van der Waals surface area (Å²) in [4.78, 5) is 12.6. The zero-order chi connectivity index (χ0) is 16.4. The van der Waals surface area contributed by atoms with Gasteiger partial charge in [-0.15, -0.1) is 0 Å². The van der Waals surface area contributed by atoms with Gasteiger partial charge in [0.25, 0.3) is 5.91 Å². The first-order chi connectivity index (χ1) is 11.1. The summed E-state index contributed by atoms with van der Waals surface area (Å²) in [5.74, 6) is 0.901. The topological polar surface area (TPSA) is 73.0 Å². The maximum Gasteiger partial charge on any atom is 0.262 e. The Labute approximate surface area is 134 Å². The van der Waals surface area contributed by atoms with Crippen molar-refractivity contribution in [3.8, 4) is 11.3 Å². The second-order valence-corrected chi connectivity index (χ2v) is 5.28. The Bertz CT molecular complexity index is 834. The molecular weight excluding hydrogens is 292 g/mol. The van der Waals surface area contributed by atoms with Crippen LogP contribution in [-0.4, -0.2) is 20.8 Å². The van der Waals surface area contributed by atoms with Crippen LogP contribution < -0.4 is 5.32 Å². The summed E-state index contributed by atoms with van der Waals surface area (Å²) in [6, 6.07) is 9.44. The highest BCUT2D eigenvalue weighted by Crippen LogP contribution is 2.25. The lowest BCUT2D eigenvalue weighted by Gasteiger charge is -2.07. The monoisotopic (exact) mass is 310 g/mol. The van der Waals surface area contributed by atoms with Crippen LogP contribution in [0.15, 0.2) is 41.1 Å². The minimum Gasteiger partial charge on any atom is -0.355 e.